The number of nitrogens with one attached hydrogen (secondary N) is 1. The average molecular weight is 279 g/mol. The third-order valence-electron chi connectivity index (χ3n) is 3.08. The van der Waals surface area contributed by atoms with E-state index < -0.39 is 0 Å². The summed E-state index contributed by atoms with van der Waals surface area (Å²) in [6.07, 6.45) is 1.73. The minimum atomic E-state index is 0.307. The first-order valence-electron chi connectivity index (χ1n) is 6.25. The van der Waals surface area contributed by atoms with Gasteiger partial charge in [0, 0.05) is 11.1 Å². The number of aromatic nitrogens is 1. The predicted octanol–water partition coefficient (Wildman–Crippen LogP) is 3.61. The molecule has 4 heteroatoms. The van der Waals surface area contributed by atoms with Crippen molar-refractivity contribution in [3.63, 3.8) is 0 Å². The summed E-state index contributed by atoms with van der Waals surface area (Å²) in [5, 5.41) is 5.74. The molecule has 0 aliphatic heterocycles. The van der Waals surface area contributed by atoms with Crippen LogP contribution in [-0.4, -0.2) is 9.97 Å². The van der Waals surface area contributed by atoms with E-state index in [2.05, 4.69) is 28.5 Å². The second kappa shape index (κ2) is 5.27. The largest absolute Gasteiger partial charge is 0.388 e. The molecular weight excluding hydrogens is 266 g/mol. The first-order chi connectivity index (χ1) is 9.74. The van der Waals surface area contributed by atoms with E-state index in [4.69, 9.17) is 18.0 Å². The second-order valence-corrected chi connectivity index (χ2v) is 4.89. The summed E-state index contributed by atoms with van der Waals surface area (Å²) in [4.78, 5) is 4.53. The van der Waals surface area contributed by atoms with Crippen molar-refractivity contribution < 1.29 is 0 Å². The van der Waals surface area contributed by atoms with Gasteiger partial charge in [-0.05, 0) is 23.6 Å². The standard InChI is InChI=1S/C16H13N3S/c17-16(20)15-9-8-12(10-18-15)19-14-7-3-5-11-4-1-2-6-13(11)14/h1-10,19H,(H2,17,20). The van der Waals surface area contributed by atoms with E-state index in [9.17, 15) is 0 Å². The molecule has 3 nitrogen and oxygen atoms in total. The number of rotatable bonds is 3. The van der Waals surface area contributed by atoms with Crippen molar-refractivity contribution in [2.24, 2.45) is 5.73 Å². The van der Waals surface area contributed by atoms with E-state index in [-0.39, 0.29) is 0 Å². The topological polar surface area (TPSA) is 50.9 Å². The van der Waals surface area contributed by atoms with Crippen LogP contribution in [-0.2, 0) is 0 Å². The Bertz CT molecular complexity index is 761. The van der Waals surface area contributed by atoms with Crippen LogP contribution in [0.5, 0.6) is 0 Å². The molecule has 3 rings (SSSR count). The number of hydrogen-bond donors (Lipinski definition) is 2. The van der Waals surface area contributed by atoms with Gasteiger partial charge >= 0.3 is 0 Å². The lowest BCUT2D eigenvalue weighted by molar-refractivity contribution is 1.29. The van der Waals surface area contributed by atoms with Crippen LogP contribution in [0, 0.1) is 0 Å². The number of nitrogens with two attached hydrogens (primary N) is 1. The minimum Gasteiger partial charge on any atom is -0.388 e. The molecule has 0 aliphatic carbocycles. The molecule has 1 heterocycles. The van der Waals surface area contributed by atoms with Gasteiger partial charge in [0.2, 0.25) is 0 Å². The Kier molecular flexibility index (Phi) is 3.31. The maximum atomic E-state index is 5.54. The Morgan fingerprint density at radius 1 is 1.00 bits per heavy atom. The van der Waals surface area contributed by atoms with Crippen molar-refractivity contribution in [3.05, 3.63) is 66.5 Å². The van der Waals surface area contributed by atoms with Crippen molar-refractivity contribution in [2.45, 2.75) is 0 Å². The zero-order valence-electron chi connectivity index (χ0n) is 10.7. The molecule has 0 atom stereocenters. The number of anilines is 2. The van der Waals surface area contributed by atoms with E-state index in [0.29, 0.717) is 10.7 Å². The van der Waals surface area contributed by atoms with Gasteiger partial charge in [-0.3, -0.25) is 4.98 Å². The van der Waals surface area contributed by atoms with Crippen molar-refractivity contribution >= 4 is 39.4 Å². The van der Waals surface area contributed by atoms with E-state index in [1.807, 2.05) is 36.4 Å². The number of fused-ring (bicyclic) bond motifs is 1. The number of hydrogen-bond acceptors (Lipinski definition) is 3. The molecule has 0 saturated carbocycles. The van der Waals surface area contributed by atoms with Crippen molar-refractivity contribution in [1.82, 2.24) is 4.98 Å². The molecule has 0 unspecified atom stereocenters. The highest BCUT2D eigenvalue weighted by molar-refractivity contribution is 7.80. The maximum Gasteiger partial charge on any atom is 0.122 e. The lowest BCUT2D eigenvalue weighted by Crippen LogP contribution is -2.11. The van der Waals surface area contributed by atoms with Crippen molar-refractivity contribution in [3.8, 4) is 0 Å². The average Bonchev–Trinajstić information content (AvgIpc) is 2.48. The van der Waals surface area contributed by atoms with E-state index in [0.717, 1.165) is 11.4 Å². The predicted molar refractivity (Wildman–Crippen MR) is 87.4 cm³/mol. The molecule has 0 amide bonds. The van der Waals surface area contributed by atoms with Gasteiger partial charge in [-0.1, -0.05) is 48.6 Å². The van der Waals surface area contributed by atoms with Crippen molar-refractivity contribution in [2.75, 3.05) is 5.32 Å². The summed E-state index contributed by atoms with van der Waals surface area (Å²) < 4.78 is 0. The van der Waals surface area contributed by atoms with Crippen LogP contribution in [0.3, 0.4) is 0 Å². The summed E-state index contributed by atoms with van der Waals surface area (Å²) >= 11 is 4.89. The summed E-state index contributed by atoms with van der Waals surface area (Å²) in [6.45, 7) is 0. The molecular formula is C16H13N3S. The molecule has 3 N–H and O–H groups in total. The maximum absolute atomic E-state index is 5.54. The normalized spacial score (nSPS) is 10.4. The Labute approximate surface area is 122 Å². The van der Waals surface area contributed by atoms with E-state index >= 15 is 0 Å². The van der Waals surface area contributed by atoms with Gasteiger partial charge in [0.05, 0.1) is 17.6 Å². The summed E-state index contributed by atoms with van der Waals surface area (Å²) in [5.74, 6) is 0. The van der Waals surface area contributed by atoms with Crippen LogP contribution < -0.4 is 11.1 Å². The highest BCUT2D eigenvalue weighted by Gasteiger charge is 2.02. The molecule has 98 valence electrons. The molecule has 20 heavy (non-hydrogen) atoms. The van der Waals surface area contributed by atoms with Crippen LogP contribution in [0.4, 0.5) is 11.4 Å². The second-order valence-electron chi connectivity index (χ2n) is 4.45. The quantitative estimate of drug-likeness (QED) is 0.719. The van der Waals surface area contributed by atoms with Crippen LogP contribution in [0.1, 0.15) is 5.69 Å². The van der Waals surface area contributed by atoms with E-state index in [1.54, 1.807) is 6.20 Å². The number of benzene rings is 2. The van der Waals surface area contributed by atoms with Crippen LogP contribution in [0.25, 0.3) is 10.8 Å². The first kappa shape index (κ1) is 12.6. The Hall–Kier alpha value is -2.46. The van der Waals surface area contributed by atoms with Gasteiger partial charge in [0.25, 0.3) is 0 Å². The van der Waals surface area contributed by atoms with Crippen LogP contribution in [0.15, 0.2) is 60.8 Å². The summed E-state index contributed by atoms with van der Waals surface area (Å²) in [7, 11) is 0. The molecule has 3 aromatic rings. The molecule has 0 saturated heterocycles. The zero-order valence-corrected chi connectivity index (χ0v) is 11.5. The van der Waals surface area contributed by atoms with Gasteiger partial charge in [-0.25, -0.2) is 0 Å². The third-order valence-corrected chi connectivity index (χ3v) is 3.29. The zero-order chi connectivity index (χ0) is 13.9. The van der Waals surface area contributed by atoms with E-state index in [1.165, 1.54) is 10.8 Å². The molecule has 0 aliphatic rings. The number of pyridine rings is 1. The Morgan fingerprint density at radius 2 is 1.80 bits per heavy atom. The fraction of sp³-hybridized carbons (Fsp3) is 0. The number of thiocarbonyl (C=S) groups is 1. The summed E-state index contributed by atoms with van der Waals surface area (Å²) in [5.41, 5.74) is 8.12. The Morgan fingerprint density at radius 3 is 2.55 bits per heavy atom. The molecule has 0 bridgehead atoms. The highest BCUT2D eigenvalue weighted by Crippen LogP contribution is 2.25. The van der Waals surface area contributed by atoms with Crippen LogP contribution >= 0.6 is 12.2 Å². The summed E-state index contributed by atoms with van der Waals surface area (Å²) in [6, 6.07) is 18.1. The van der Waals surface area contributed by atoms with Gasteiger partial charge in [0.1, 0.15) is 4.99 Å². The third kappa shape index (κ3) is 2.46. The van der Waals surface area contributed by atoms with Crippen molar-refractivity contribution in [1.29, 1.82) is 0 Å². The Balaban J connectivity index is 1.95. The lowest BCUT2D eigenvalue weighted by atomic mass is 10.1. The van der Waals surface area contributed by atoms with Gasteiger partial charge in [0.15, 0.2) is 0 Å². The fourth-order valence-corrected chi connectivity index (χ4v) is 2.22. The van der Waals surface area contributed by atoms with Gasteiger partial charge in [-0.2, -0.15) is 0 Å². The molecule has 2 aromatic carbocycles. The SMILES string of the molecule is NC(=S)c1ccc(Nc2cccc3ccccc23)cn1. The minimum absolute atomic E-state index is 0.307. The van der Waals surface area contributed by atoms with Gasteiger partial charge < -0.3 is 11.1 Å². The fourth-order valence-electron chi connectivity index (χ4n) is 2.10. The lowest BCUT2D eigenvalue weighted by Gasteiger charge is -2.10. The molecule has 0 spiro atoms. The van der Waals surface area contributed by atoms with Gasteiger partial charge in [-0.15, -0.1) is 0 Å². The monoisotopic (exact) mass is 279 g/mol. The molecule has 0 fully saturated rings. The molecule has 1 aromatic heterocycles. The number of nitrogens with zero attached hydrogens (tertiary/aromatic N) is 1. The first-order valence-corrected chi connectivity index (χ1v) is 6.65. The van der Waals surface area contributed by atoms with Crippen LogP contribution in [0.2, 0.25) is 0 Å². The highest BCUT2D eigenvalue weighted by atomic mass is 32.1. The smallest absolute Gasteiger partial charge is 0.122 e. The molecule has 0 radical (unpaired) electrons.